The van der Waals surface area contributed by atoms with Crippen LogP contribution in [0.15, 0.2) is 126 Å². The first kappa shape index (κ1) is 22.7. The van der Waals surface area contributed by atoms with E-state index in [1.54, 1.807) is 0 Å². The van der Waals surface area contributed by atoms with Crippen LogP contribution in [0, 0.1) is 5.92 Å². The van der Waals surface area contributed by atoms with Gasteiger partial charge in [-0.15, -0.1) is 0 Å². The van der Waals surface area contributed by atoms with E-state index < -0.39 is 6.83 Å². The Hall–Kier alpha value is -2.73. The molecule has 3 aromatic carbocycles. The predicted molar refractivity (Wildman–Crippen MR) is 151 cm³/mol. The Morgan fingerprint density at radius 3 is 1.63 bits per heavy atom. The maximum atomic E-state index is 7.96. The second-order valence-corrected chi connectivity index (χ2v) is 14.6. The topological polar surface area (TPSA) is 9.23 Å². The monoisotopic (exact) mass is 478 g/mol. The van der Waals surface area contributed by atoms with E-state index in [2.05, 4.69) is 115 Å². The number of hydrogen-bond acceptors (Lipinski definition) is 1. The van der Waals surface area contributed by atoms with Crippen molar-refractivity contribution in [3.63, 3.8) is 0 Å². The summed E-state index contributed by atoms with van der Waals surface area (Å²) in [5.41, 5.74) is 1.44. The van der Waals surface area contributed by atoms with E-state index in [9.17, 15) is 0 Å². The third-order valence-corrected chi connectivity index (χ3v) is 14.4. The Morgan fingerprint density at radius 1 is 0.600 bits per heavy atom. The van der Waals surface area contributed by atoms with Crippen molar-refractivity contribution in [1.82, 2.24) is 0 Å². The number of rotatable bonds is 4. The van der Waals surface area contributed by atoms with Crippen molar-refractivity contribution in [2.45, 2.75) is 51.0 Å². The molecular weight excluding hydrogens is 443 g/mol. The van der Waals surface area contributed by atoms with Crippen LogP contribution in [0.25, 0.3) is 0 Å². The van der Waals surface area contributed by atoms with Gasteiger partial charge in [-0.1, -0.05) is 0 Å². The summed E-state index contributed by atoms with van der Waals surface area (Å²) >= 11 is 0. The van der Waals surface area contributed by atoms with Gasteiger partial charge in [-0.3, -0.25) is 0 Å². The third-order valence-electron chi connectivity index (χ3n) is 8.39. The Bertz CT molecular complexity index is 1150. The zero-order valence-corrected chi connectivity index (χ0v) is 21.3. The molecular formula is C33H35OP. The van der Waals surface area contributed by atoms with Crippen LogP contribution in [0.4, 0.5) is 0 Å². The van der Waals surface area contributed by atoms with Crippen molar-refractivity contribution in [2.24, 2.45) is 5.92 Å². The number of allylic oxidation sites excluding steroid dienone is 4. The SMILES string of the molecule is C1=CCC2=C(C=C1)C(C1CCCCCC1)OP2(c1ccccc1)(c1ccccc1)c1ccccc1. The van der Waals surface area contributed by atoms with Gasteiger partial charge in [0.1, 0.15) is 0 Å². The summed E-state index contributed by atoms with van der Waals surface area (Å²) < 4.78 is 7.96. The molecule has 0 amide bonds. The summed E-state index contributed by atoms with van der Waals surface area (Å²) in [4.78, 5) is 0. The van der Waals surface area contributed by atoms with E-state index in [4.69, 9.17) is 4.52 Å². The molecule has 1 saturated carbocycles. The summed E-state index contributed by atoms with van der Waals surface area (Å²) in [6, 6.07) is 33.5. The fourth-order valence-electron chi connectivity index (χ4n) is 6.85. The van der Waals surface area contributed by atoms with Gasteiger partial charge in [0, 0.05) is 0 Å². The van der Waals surface area contributed by atoms with Gasteiger partial charge in [-0.2, -0.15) is 0 Å². The summed E-state index contributed by atoms with van der Waals surface area (Å²) in [5.74, 6) is 0.561. The Kier molecular flexibility index (Phi) is 6.09. The van der Waals surface area contributed by atoms with Gasteiger partial charge < -0.3 is 0 Å². The van der Waals surface area contributed by atoms with Gasteiger partial charge >= 0.3 is 210 Å². The van der Waals surface area contributed by atoms with Gasteiger partial charge in [-0.25, -0.2) is 0 Å². The van der Waals surface area contributed by atoms with E-state index in [0.29, 0.717) is 5.92 Å². The molecule has 3 aliphatic rings. The van der Waals surface area contributed by atoms with E-state index in [0.717, 1.165) is 6.42 Å². The number of hydrogen-bond donors (Lipinski definition) is 0. The van der Waals surface area contributed by atoms with Gasteiger partial charge in [0.25, 0.3) is 0 Å². The summed E-state index contributed by atoms with van der Waals surface area (Å²) in [7, 11) is 0. The molecule has 1 heterocycles. The predicted octanol–water partition coefficient (Wildman–Crippen LogP) is 7.57. The first-order chi connectivity index (χ1) is 17.3. The van der Waals surface area contributed by atoms with Crippen LogP contribution in [0.3, 0.4) is 0 Å². The molecule has 1 nitrogen and oxygen atoms in total. The minimum absolute atomic E-state index is 0.123. The van der Waals surface area contributed by atoms with E-state index in [-0.39, 0.29) is 6.10 Å². The van der Waals surface area contributed by atoms with Crippen molar-refractivity contribution in [3.8, 4) is 0 Å². The Morgan fingerprint density at radius 2 is 1.11 bits per heavy atom. The molecule has 0 N–H and O–H groups in total. The Balaban J connectivity index is 1.73. The molecule has 6 rings (SSSR count). The van der Waals surface area contributed by atoms with Gasteiger partial charge in [0.2, 0.25) is 0 Å². The second-order valence-electron chi connectivity index (χ2n) is 10.2. The zero-order chi connectivity index (χ0) is 23.6. The van der Waals surface area contributed by atoms with Crippen molar-refractivity contribution >= 4 is 22.7 Å². The Labute approximate surface area is 210 Å². The number of benzene rings is 3. The molecule has 178 valence electrons. The fourth-order valence-corrected chi connectivity index (χ4v) is 13.3. The van der Waals surface area contributed by atoms with Crippen LogP contribution in [0.2, 0.25) is 0 Å². The molecule has 1 atom stereocenters. The van der Waals surface area contributed by atoms with E-state index in [1.165, 1.54) is 65.3 Å². The summed E-state index contributed by atoms with van der Waals surface area (Å²) in [6.07, 6.45) is 18.1. The molecule has 0 spiro atoms. The molecule has 1 fully saturated rings. The first-order valence-electron chi connectivity index (χ1n) is 13.3. The first-order valence-corrected chi connectivity index (χ1v) is 15.4. The van der Waals surface area contributed by atoms with Crippen LogP contribution in [-0.2, 0) is 4.52 Å². The quantitative estimate of drug-likeness (QED) is 0.278. The second kappa shape index (κ2) is 9.38. The van der Waals surface area contributed by atoms with Crippen LogP contribution in [0.5, 0.6) is 0 Å². The van der Waals surface area contributed by atoms with Crippen LogP contribution < -0.4 is 15.9 Å². The molecule has 2 aliphatic carbocycles. The molecule has 2 heteroatoms. The van der Waals surface area contributed by atoms with Gasteiger partial charge in [0.15, 0.2) is 0 Å². The van der Waals surface area contributed by atoms with Crippen molar-refractivity contribution in [2.75, 3.05) is 0 Å². The van der Waals surface area contributed by atoms with Gasteiger partial charge in [0.05, 0.1) is 0 Å². The normalized spacial score (nSPS) is 24.7. The van der Waals surface area contributed by atoms with Crippen molar-refractivity contribution in [3.05, 3.63) is 126 Å². The molecule has 0 aromatic heterocycles. The third kappa shape index (κ3) is 3.44. The minimum atomic E-state index is -3.42. The molecule has 0 saturated heterocycles. The summed E-state index contributed by atoms with van der Waals surface area (Å²) in [6.45, 7) is -3.42. The van der Waals surface area contributed by atoms with Crippen molar-refractivity contribution in [1.29, 1.82) is 0 Å². The molecule has 3 aromatic rings. The zero-order valence-electron chi connectivity index (χ0n) is 20.4. The fraction of sp³-hybridized carbons (Fsp3) is 0.273. The molecule has 1 unspecified atom stereocenters. The van der Waals surface area contributed by atoms with E-state index >= 15 is 0 Å². The molecule has 1 aliphatic heterocycles. The average molecular weight is 479 g/mol. The average Bonchev–Trinajstić information content (AvgIpc) is 3.19. The standard InChI is InChI=1S/C33H35OP/c1-2-8-18-27(17-7-1)33-31-25-15-6-16-26-32(31)35(34-33,28-19-9-3-10-20-28,29-21-11-4-12-22-29)30-23-13-5-14-24-30/h3-6,9-16,19-25,27,33H,1-2,7-8,17-18,26H2. The van der Waals surface area contributed by atoms with Gasteiger partial charge in [-0.05, 0) is 0 Å². The van der Waals surface area contributed by atoms with Crippen LogP contribution >= 0.6 is 6.83 Å². The van der Waals surface area contributed by atoms with E-state index in [1.807, 2.05) is 0 Å². The van der Waals surface area contributed by atoms with Crippen molar-refractivity contribution < 1.29 is 4.52 Å². The summed E-state index contributed by atoms with van der Waals surface area (Å²) in [5, 5.41) is 5.47. The molecule has 0 bridgehead atoms. The maximum absolute atomic E-state index is 7.96. The molecule has 35 heavy (non-hydrogen) atoms. The molecule has 0 radical (unpaired) electrons. The van der Waals surface area contributed by atoms with Crippen LogP contribution in [0.1, 0.15) is 44.9 Å². The van der Waals surface area contributed by atoms with Crippen LogP contribution in [-0.4, -0.2) is 6.10 Å².